The third kappa shape index (κ3) is 13.0. The number of hydrogen-bond acceptors (Lipinski definition) is 5. The minimum Gasteiger partial charge on any atom is -0.379 e. The molecule has 0 radical (unpaired) electrons. The minimum absolute atomic E-state index is 0.120. The maximum absolute atomic E-state index is 11.8. The second kappa shape index (κ2) is 14.4. The molecule has 7 heteroatoms. The Balaban J connectivity index is 3.43. The van der Waals surface area contributed by atoms with E-state index in [-0.39, 0.29) is 17.7 Å². The highest BCUT2D eigenvalue weighted by molar-refractivity contribution is 5.87. The number of hydrogen-bond donors (Lipinski definition) is 3. The predicted molar refractivity (Wildman–Crippen MR) is 90.3 cm³/mol. The van der Waals surface area contributed by atoms with E-state index in [9.17, 15) is 9.59 Å². The second-order valence-electron chi connectivity index (χ2n) is 5.71. The fraction of sp³-hybridized carbons (Fsp3) is 0.875. The summed E-state index contributed by atoms with van der Waals surface area (Å²) in [5.41, 5.74) is 0. The van der Waals surface area contributed by atoms with Crippen LogP contribution in [-0.4, -0.2) is 64.4 Å². The number of nitrogens with one attached hydrogen (secondary N) is 3. The summed E-state index contributed by atoms with van der Waals surface area (Å²) < 4.78 is 10.8. The molecule has 0 spiro atoms. The summed E-state index contributed by atoms with van der Waals surface area (Å²) in [6.45, 7) is 9.22. The van der Waals surface area contributed by atoms with Crippen molar-refractivity contribution in [2.24, 2.45) is 5.92 Å². The number of carbonyl (C=O) groups excluding carboxylic acids is 2. The Labute approximate surface area is 139 Å². The van der Waals surface area contributed by atoms with Crippen molar-refractivity contribution in [2.45, 2.75) is 39.7 Å². The van der Waals surface area contributed by atoms with Crippen LogP contribution >= 0.6 is 0 Å². The van der Waals surface area contributed by atoms with Crippen LogP contribution in [0.1, 0.15) is 33.6 Å². The Morgan fingerprint density at radius 2 is 1.43 bits per heavy atom. The fourth-order valence-corrected chi connectivity index (χ4v) is 1.66. The quantitative estimate of drug-likeness (QED) is 0.398. The van der Waals surface area contributed by atoms with E-state index in [0.717, 1.165) is 26.0 Å². The van der Waals surface area contributed by atoms with E-state index in [1.165, 1.54) is 0 Å². The largest absolute Gasteiger partial charge is 0.379 e. The monoisotopic (exact) mass is 331 g/mol. The van der Waals surface area contributed by atoms with Crippen molar-refractivity contribution in [2.75, 3.05) is 46.6 Å². The molecule has 23 heavy (non-hydrogen) atoms. The van der Waals surface area contributed by atoms with Crippen LogP contribution < -0.4 is 16.0 Å². The third-order valence-corrected chi connectivity index (χ3v) is 3.13. The van der Waals surface area contributed by atoms with Gasteiger partial charge in [0.05, 0.1) is 13.2 Å². The zero-order chi connectivity index (χ0) is 17.5. The van der Waals surface area contributed by atoms with Crippen molar-refractivity contribution in [1.29, 1.82) is 0 Å². The molecular formula is C16H33N3O4. The zero-order valence-electron chi connectivity index (χ0n) is 14.9. The summed E-state index contributed by atoms with van der Waals surface area (Å²) in [5, 5.41) is 8.50. The number of ether oxygens (including phenoxy) is 2. The molecule has 1 unspecified atom stereocenters. The van der Waals surface area contributed by atoms with Crippen molar-refractivity contribution in [3.05, 3.63) is 0 Å². The summed E-state index contributed by atoms with van der Waals surface area (Å²) >= 11 is 0. The first-order valence-corrected chi connectivity index (χ1v) is 8.37. The number of rotatable bonds is 14. The molecule has 0 fully saturated rings. The van der Waals surface area contributed by atoms with Gasteiger partial charge in [-0.05, 0) is 33.4 Å². The van der Waals surface area contributed by atoms with Gasteiger partial charge in [0.25, 0.3) is 0 Å². The molecule has 0 saturated carbocycles. The third-order valence-electron chi connectivity index (χ3n) is 3.13. The van der Waals surface area contributed by atoms with Gasteiger partial charge in [0, 0.05) is 25.7 Å². The van der Waals surface area contributed by atoms with Crippen molar-refractivity contribution in [3.8, 4) is 0 Å². The first kappa shape index (κ1) is 21.8. The van der Waals surface area contributed by atoms with Crippen LogP contribution in [0.4, 0.5) is 0 Å². The molecule has 0 aliphatic carbocycles. The summed E-state index contributed by atoms with van der Waals surface area (Å²) in [6, 6.07) is -0.517. The molecule has 0 heterocycles. The van der Waals surface area contributed by atoms with Gasteiger partial charge in [-0.3, -0.25) is 9.59 Å². The molecule has 0 aliphatic heterocycles. The molecule has 0 saturated heterocycles. The van der Waals surface area contributed by atoms with Crippen molar-refractivity contribution < 1.29 is 19.1 Å². The summed E-state index contributed by atoms with van der Waals surface area (Å²) in [5.74, 6) is -0.420. The maximum atomic E-state index is 11.8. The standard InChI is InChI=1S/C16H33N3O4/c1-13(2)15(20)19-14(3)16(21)18-8-6-10-23-12-11-22-9-5-7-17-4/h13-14,17H,5-12H2,1-4H3,(H,18,21)(H,19,20). The maximum Gasteiger partial charge on any atom is 0.242 e. The predicted octanol–water partition coefficient (Wildman–Crippen LogP) is 0.296. The van der Waals surface area contributed by atoms with Gasteiger partial charge in [-0.15, -0.1) is 0 Å². The van der Waals surface area contributed by atoms with Crippen LogP contribution in [0.3, 0.4) is 0 Å². The van der Waals surface area contributed by atoms with E-state index in [4.69, 9.17) is 9.47 Å². The molecule has 0 bridgehead atoms. The second-order valence-corrected chi connectivity index (χ2v) is 5.71. The van der Waals surface area contributed by atoms with E-state index in [0.29, 0.717) is 26.4 Å². The van der Waals surface area contributed by atoms with Crippen LogP contribution in [-0.2, 0) is 19.1 Å². The lowest BCUT2D eigenvalue weighted by Crippen LogP contribution is -2.46. The number of carbonyl (C=O) groups is 2. The van der Waals surface area contributed by atoms with Gasteiger partial charge in [0.1, 0.15) is 6.04 Å². The Kier molecular flexibility index (Phi) is 13.7. The van der Waals surface area contributed by atoms with E-state index >= 15 is 0 Å². The molecule has 1 atom stereocenters. The lowest BCUT2D eigenvalue weighted by molar-refractivity contribution is -0.130. The SMILES string of the molecule is CNCCCOCCOCCCNC(=O)C(C)NC(=O)C(C)C. The number of amides is 2. The van der Waals surface area contributed by atoms with Gasteiger partial charge in [-0.2, -0.15) is 0 Å². The Morgan fingerprint density at radius 1 is 0.870 bits per heavy atom. The first-order valence-electron chi connectivity index (χ1n) is 8.37. The Bertz CT molecular complexity index is 324. The Hall–Kier alpha value is -1.18. The van der Waals surface area contributed by atoms with Gasteiger partial charge in [0.15, 0.2) is 0 Å². The van der Waals surface area contributed by atoms with Gasteiger partial charge in [0.2, 0.25) is 11.8 Å². The molecule has 0 aromatic carbocycles. The van der Waals surface area contributed by atoms with Crippen molar-refractivity contribution >= 4 is 11.8 Å². The summed E-state index contributed by atoms with van der Waals surface area (Å²) in [6.07, 6.45) is 1.73. The smallest absolute Gasteiger partial charge is 0.242 e. The van der Waals surface area contributed by atoms with Crippen molar-refractivity contribution in [3.63, 3.8) is 0 Å². The highest BCUT2D eigenvalue weighted by Crippen LogP contribution is 1.93. The highest BCUT2D eigenvalue weighted by Gasteiger charge is 2.16. The average molecular weight is 331 g/mol. The van der Waals surface area contributed by atoms with Gasteiger partial charge < -0.3 is 25.4 Å². The van der Waals surface area contributed by atoms with Gasteiger partial charge in [-0.25, -0.2) is 0 Å². The van der Waals surface area contributed by atoms with E-state index in [1.54, 1.807) is 20.8 Å². The molecule has 136 valence electrons. The van der Waals surface area contributed by atoms with E-state index in [1.807, 2.05) is 7.05 Å². The first-order chi connectivity index (χ1) is 11.0. The van der Waals surface area contributed by atoms with Crippen LogP contribution in [0, 0.1) is 5.92 Å². The van der Waals surface area contributed by atoms with E-state index in [2.05, 4.69) is 16.0 Å². The summed E-state index contributed by atoms with van der Waals surface area (Å²) in [4.78, 5) is 23.3. The molecule has 7 nitrogen and oxygen atoms in total. The van der Waals surface area contributed by atoms with Crippen LogP contribution in [0.2, 0.25) is 0 Å². The molecule has 3 N–H and O–H groups in total. The lowest BCUT2D eigenvalue weighted by Gasteiger charge is -2.15. The summed E-state index contributed by atoms with van der Waals surface area (Å²) in [7, 11) is 1.92. The van der Waals surface area contributed by atoms with Crippen LogP contribution in [0.15, 0.2) is 0 Å². The average Bonchev–Trinajstić information content (AvgIpc) is 2.52. The molecular weight excluding hydrogens is 298 g/mol. The molecule has 0 aromatic rings. The van der Waals surface area contributed by atoms with Gasteiger partial charge >= 0.3 is 0 Å². The molecule has 2 amide bonds. The van der Waals surface area contributed by atoms with Gasteiger partial charge in [-0.1, -0.05) is 13.8 Å². The van der Waals surface area contributed by atoms with Crippen LogP contribution in [0.25, 0.3) is 0 Å². The van der Waals surface area contributed by atoms with Crippen LogP contribution in [0.5, 0.6) is 0 Å². The highest BCUT2D eigenvalue weighted by atomic mass is 16.5. The fourth-order valence-electron chi connectivity index (χ4n) is 1.66. The topological polar surface area (TPSA) is 88.7 Å². The molecule has 0 aromatic heterocycles. The lowest BCUT2D eigenvalue weighted by atomic mass is 10.2. The molecule has 0 aliphatic rings. The zero-order valence-corrected chi connectivity index (χ0v) is 14.9. The minimum atomic E-state index is -0.517. The van der Waals surface area contributed by atoms with Crippen molar-refractivity contribution in [1.82, 2.24) is 16.0 Å². The van der Waals surface area contributed by atoms with E-state index < -0.39 is 6.04 Å². The Morgan fingerprint density at radius 3 is 1.96 bits per heavy atom. The molecule has 0 rings (SSSR count). The normalized spacial score (nSPS) is 12.2.